The molecule has 10 heteroatoms. The van der Waals surface area contributed by atoms with Crippen LogP contribution in [0.3, 0.4) is 0 Å². The van der Waals surface area contributed by atoms with Crippen LogP contribution in [0.25, 0.3) is 0 Å². The van der Waals surface area contributed by atoms with Crippen molar-refractivity contribution in [3.8, 4) is 0 Å². The number of carbonyl (C=O) groups excluding carboxylic acids is 2. The molecular formula is C30H35Cl2N3O4S. The number of aryl methyl sites for hydroxylation is 2. The number of nitrogens with one attached hydrogen (secondary N) is 1. The van der Waals surface area contributed by atoms with Gasteiger partial charge in [0.2, 0.25) is 11.8 Å². The van der Waals surface area contributed by atoms with Gasteiger partial charge < -0.3 is 10.2 Å². The van der Waals surface area contributed by atoms with Crippen LogP contribution in [-0.2, 0) is 26.2 Å². The number of amides is 2. The van der Waals surface area contributed by atoms with Gasteiger partial charge in [-0.1, -0.05) is 67.4 Å². The van der Waals surface area contributed by atoms with Crippen molar-refractivity contribution in [2.24, 2.45) is 5.92 Å². The quantitative estimate of drug-likeness (QED) is 0.291. The number of carbonyl (C=O) groups is 2. The molecule has 214 valence electrons. The van der Waals surface area contributed by atoms with Crippen molar-refractivity contribution >= 4 is 50.7 Å². The lowest BCUT2D eigenvalue weighted by Crippen LogP contribution is -2.51. The van der Waals surface area contributed by atoms with Gasteiger partial charge in [0.1, 0.15) is 12.6 Å². The topological polar surface area (TPSA) is 86.8 Å². The molecule has 0 aliphatic rings. The van der Waals surface area contributed by atoms with E-state index < -0.39 is 28.5 Å². The molecule has 0 aromatic heterocycles. The standard InChI is InChI=1S/C30H35Cl2N3O4S/c1-20(2)17-33-30(37)23(5)34(18-26-27(31)12-9-13-28(26)32)29(36)19-35(24-15-14-21(3)22(4)16-24)40(38,39)25-10-7-6-8-11-25/h6-16,20,23H,17-19H2,1-5H3,(H,33,37)/t23-/m0/s1. The van der Waals surface area contributed by atoms with Gasteiger partial charge in [-0.2, -0.15) is 0 Å². The molecule has 1 N–H and O–H groups in total. The summed E-state index contributed by atoms with van der Waals surface area (Å²) in [4.78, 5) is 28.5. The third kappa shape index (κ3) is 7.56. The Bertz CT molecular complexity index is 1440. The summed E-state index contributed by atoms with van der Waals surface area (Å²) in [6.45, 7) is 9.14. The molecule has 0 heterocycles. The molecule has 40 heavy (non-hydrogen) atoms. The van der Waals surface area contributed by atoms with E-state index in [0.29, 0.717) is 27.8 Å². The van der Waals surface area contributed by atoms with Gasteiger partial charge in [-0.15, -0.1) is 0 Å². The Morgan fingerprint density at radius 3 is 2.08 bits per heavy atom. The second kappa shape index (κ2) is 13.5. The van der Waals surface area contributed by atoms with Crippen LogP contribution in [0.5, 0.6) is 0 Å². The van der Waals surface area contributed by atoms with Crippen LogP contribution in [0, 0.1) is 19.8 Å². The van der Waals surface area contributed by atoms with Crippen LogP contribution in [0.15, 0.2) is 71.6 Å². The highest BCUT2D eigenvalue weighted by Gasteiger charge is 2.33. The summed E-state index contributed by atoms with van der Waals surface area (Å²) in [5, 5.41) is 3.53. The molecule has 3 aromatic carbocycles. The lowest BCUT2D eigenvalue weighted by Gasteiger charge is -2.32. The maximum absolute atomic E-state index is 14.0. The Morgan fingerprint density at radius 1 is 0.875 bits per heavy atom. The summed E-state index contributed by atoms with van der Waals surface area (Å²) in [5.41, 5.74) is 2.66. The second-order valence-corrected chi connectivity index (χ2v) is 12.8. The van der Waals surface area contributed by atoms with E-state index in [4.69, 9.17) is 23.2 Å². The number of anilines is 1. The molecule has 3 rings (SSSR count). The highest BCUT2D eigenvalue weighted by molar-refractivity contribution is 7.92. The number of halogens is 2. The van der Waals surface area contributed by atoms with Gasteiger partial charge in [-0.05, 0) is 74.2 Å². The third-order valence-electron chi connectivity index (χ3n) is 6.63. The van der Waals surface area contributed by atoms with Gasteiger partial charge in [0.15, 0.2) is 0 Å². The van der Waals surface area contributed by atoms with Crippen LogP contribution in [0.2, 0.25) is 10.0 Å². The lowest BCUT2D eigenvalue weighted by molar-refractivity contribution is -0.139. The molecule has 1 atom stereocenters. The number of benzene rings is 3. The minimum atomic E-state index is -4.14. The van der Waals surface area contributed by atoms with Gasteiger partial charge in [0.25, 0.3) is 10.0 Å². The van der Waals surface area contributed by atoms with Crippen molar-refractivity contribution in [3.05, 3.63) is 93.5 Å². The average Bonchev–Trinajstić information content (AvgIpc) is 2.91. The van der Waals surface area contributed by atoms with E-state index in [2.05, 4.69) is 5.32 Å². The predicted octanol–water partition coefficient (Wildman–Crippen LogP) is 6.00. The fourth-order valence-corrected chi connectivity index (χ4v) is 5.96. The molecule has 0 fully saturated rings. The first kappa shape index (κ1) is 31.5. The van der Waals surface area contributed by atoms with Crippen LogP contribution >= 0.6 is 23.2 Å². The molecule has 0 aliphatic heterocycles. The number of rotatable bonds is 11. The molecule has 0 radical (unpaired) electrons. The lowest BCUT2D eigenvalue weighted by atomic mass is 10.1. The third-order valence-corrected chi connectivity index (χ3v) is 9.13. The Morgan fingerprint density at radius 2 is 1.50 bits per heavy atom. The molecule has 0 spiro atoms. The average molecular weight is 605 g/mol. The molecule has 0 saturated heterocycles. The zero-order valence-corrected chi connectivity index (χ0v) is 25.6. The molecule has 0 bridgehead atoms. The van der Waals surface area contributed by atoms with Crippen molar-refractivity contribution < 1.29 is 18.0 Å². The summed E-state index contributed by atoms with van der Waals surface area (Å²) in [7, 11) is -4.14. The summed E-state index contributed by atoms with van der Waals surface area (Å²) < 4.78 is 28.8. The first-order chi connectivity index (χ1) is 18.8. The highest BCUT2D eigenvalue weighted by atomic mass is 35.5. The largest absolute Gasteiger partial charge is 0.354 e. The molecular weight excluding hydrogens is 569 g/mol. The Labute approximate surface area is 247 Å². The maximum atomic E-state index is 14.0. The van der Waals surface area contributed by atoms with Gasteiger partial charge in [0.05, 0.1) is 10.6 Å². The summed E-state index contributed by atoms with van der Waals surface area (Å²) >= 11 is 12.8. The van der Waals surface area contributed by atoms with E-state index in [1.807, 2.05) is 33.8 Å². The summed E-state index contributed by atoms with van der Waals surface area (Å²) in [6.07, 6.45) is 0. The van der Waals surface area contributed by atoms with E-state index >= 15 is 0 Å². The first-order valence-corrected chi connectivity index (χ1v) is 15.2. The number of hydrogen-bond acceptors (Lipinski definition) is 4. The van der Waals surface area contributed by atoms with Crippen molar-refractivity contribution in [1.29, 1.82) is 0 Å². The predicted molar refractivity (Wildman–Crippen MR) is 161 cm³/mol. The smallest absolute Gasteiger partial charge is 0.264 e. The van der Waals surface area contributed by atoms with E-state index in [1.165, 1.54) is 17.0 Å². The van der Waals surface area contributed by atoms with Gasteiger partial charge in [0, 0.05) is 28.7 Å². The normalized spacial score (nSPS) is 12.2. The van der Waals surface area contributed by atoms with Crippen LogP contribution < -0.4 is 9.62 Å². The Balaban J connectivity index is 2.06. The minimum Gasteiger partial charge on any atom is -0.354 e. The highest BCUT2D eigenvalue weighted by Crippen LogP contribution is 2.29. The molecule has 0 unspecified atom stereocenters. The minimum absolute atomic E-state index is 0.0458. The van der Waals surface area contributed by atoms with E-state index in [1.54, 1.807) is 55.5 Å². The summed E-state index contributed by atoms with van der Waals surface area (Å²) in [5.74, 6) is -0.746. The van der Waals surface area contributed by atoms with Gasteiger partial charge in [-0.3, -0.25) is 13.9 Å². The van der Waals surface area contributed by atoms with Crippen LogP contribution in [-0.4, -0.2) is 44.3 Å². The fourth-order valence-electron chi connectivity index (χ4n) is 4.02. The molecule has 2 amide bonds. The van der Waals surface area contributed by atoms with E-state index in [9.17, 15) is 18.0 Å². The monoisotopic (exact) mass is 603 g/mol. The Hall–Kier alpha value is -3.07. The summed E-state index contributed by atoms with van der Waals surface area (Å²) in [6, 6.07) is 17.2. The molecule has 0 saturated carbocycles. The number of sulfonamides is 1. The van der Waals surface area contributed by atoms with Gasteiger partial charge >= 0.3 is 0 Å². The van der Waals surface area contributed by atoms with Crippen molar-refractivity contribution in [3.63, 3.8) is 0 Å². The van der Waals surface area contributed by atoms with Crippen molar-refractivity contribution in [2.45, 2.75) is 52.1 Å². The van der Waals surface area contributed by atoms with Crippen molar-refractivity contribution in [1.82, 2.24) is 10.2 Å². The zero-order valence-electron chi connectivity index (χ0n) is 23.3. The van der Waals surface area contributed by atoms with Crippen LogP contribution in [0.1, 0.15) is 37.5 Å². The molecule has 0 aliphatic carbocycles. The second-order valence-electron chi connectivity index (χ2n) is 10.1. The SMILES string of the molecule is Cc1ccc(N(CC(=O)N(Cc2c(Cl)cccc2Cl)[C@@H](C)C(=O)NCC(C)C)S(=O)(=O)c2ccccc2)cc1C. The van der Waals surface area contributed by atoms with Crippen molar-refractivity contribution in [2.75, 3.05) is 17.4 Å². The molecule has 7 nitrogen and oxygen atoms in total. The fraction of sp³-hybridized carbons (Fsp3) is 0.333. The van der Waals surface area contributed by atoms with Crippen LogP contribution in [0.4, 0.5) is 5.69 Å². The van der Waals surface area contributed by atoms with E-state index in [-0.39, 0.29) is 23.3 Å². The maximum Gasteiger partial charge on any atom is 0.264 e. The number of nitrogens with zero attached hydrogens (tertiary/aromatic N) is 2. The number of hydrogen-bond donors (Lipinski definition) is 1. The first-order valence-electron chi connectivity index (χ1n) is 13.0. The Kier molecular flexibility index (Phi) is 10.6. The zero-order chi connectivity index (χ0) is 29.6. The van der Waals surface area contributed by atoms with Gasteiger partial charge in [-0.25, -0.2) is 8.42 Å². The van der Waals surface area contributed by atoms with E-state index in [0.717, 1.165) is 15.4 Å². The molecule has 3 aromatic rings.